The average Bonchev–Trinajstić information content (AvgIpc) is 3.17. The topological polar surface area (TPSA) is 66.8 Å². The van der Waals surface area contributed by atoms with Crippen LogP contribution in [0, 0.1) is 0 Å². The van der Waals surface area contributed by atoms with Crippen LogP contribution in [0.15, 0.2) is 65.9 Å². The van der Waals surface area contributed by atoms with Gasteiger partial charge in [0.05, 0.1) is 29.6 Å². The van der Waals surface area contributed by atoms with Gasteiger partial charge in [0.1, 0.15) is 17.5 Å². The highest BCUT2D eigenvalue weighted by Crippen LogP contribution is 2.43. The van der Waals surface area contributed by atoms with E-state index < -0.39 is 5.41 Å². The van der Waals surface area contributed by atoms with Crippen molar-refractivity contribution in [2.75, 3.05) is 18.5 Å². The highest BCUT2D eigenvalue weighted by Gasteiger charge is 2.50. The van der Waals surface area contributed by atoms with Crippen LogP contribution in [-0.4, -0.2) is 34.9 Å². The zero-order valence-electron chi connectivity index (χ0n) is 16.0. The fourth-order valence-corrected chi connectivity index (χ4v) is 4.26. The Morgan fingerprint density at radius 3 is 2.55 bits per heavy atom. The lowest BCUT2D eigenvalue weighted by Gasteiger charge is -2.35. The van der Waals surface area contributed by atoms with Crippen LogP contribution in [0.2, 0.25) is 15.2 Å². The van der Waals surface area contributed by atoms with Crippen LogP contribution in [0.4, 0.5) is 10.5 Å². The van der Waals surface area contributed by atoms with Gasteiger partial charge in [0, 0.05) is 15.6 Å². The minimum absolute atomic E-state index is 0.304. The van der Waals surface area contributed by atoms with Crippen LogP contribution in [0.3, 0.4) is 0 Å². The molecule has 5 rings (SSSR count). The van der Waals surface area contributed by atoms with E-state index in [4.69, 9.17) is 44.6 Å². The number of carbonyl (C=O) groups is 1. The molecule has 31 heavy (non-hydrogen) atoms. The lowest BCUT2D eigenvalue weighted by molar-refractivity contribution is 0.197. The van der Waals surface area contributed by atoms with Crippen LogP contribution in [0.1, 0.15) is 11.1 Å². The van der Waals surface area contributed by atoms with Crippen LogP contribution < -0.4 is 10.1 Å². The summed E-state index contributed by atoms with van der Waals surface area (Å²) in [4.78, 5) is 17.0. The van der Waals surface area contributed by atoms with Crippen molar-refractivity contribution < 1.29 is 9.53 Å². The molecule has 3 heterocycles. The predicted octanol–water partition coefficient (Wildman–Crippen LogP) is 5.62. The second kappa shape index (κ2) is 7.71. The Hall–Kier alpha value is -2.80. The van der Waals surface area contributed by atoms with Crippen molar-refractivity contribution in [1.29, 1.82) is 0 Å². The number of aromatic nitrogens is 1. The number of anilines is 1. The molecule has 0 fully saturated rings. The number of hydrogen-bond acceptors (Lipinski definition) is 4. The van der Waals surface area contributed by atoms with Crippen molar-refractivity contribution in [1.82, 2.24) is 9.99 Å². The van der Waals surface area contributed by atoms with Crippen molar-refractivity contribution in [2.45, 2.75) is 5.41 Å². The van der Waals surface area contributed by atoms with Crippen LogP contribution in [0.25, 0.3) is 0 Å². The van der Waals surface area contributed by atoms with Gasteiger partial charge >= 0.3 is 6.03 Å². The van der Waals surface area contributed by atoms with Gasteiger partial charge in [-0.1, -0.05) is 46.9 Å². The number of fused-ring (bicyclic) bond motifs is 3. The number of ether oxygens (including phenoxy) is 1. The molecule has 6 nitrogen and oxygen atoms in total. The quantitative estimate of drug-likeness (QED) is 0.491. The second-order valence-electron chi connectivity index (χ2n) is 7.32. The number of benzene rings is 2. The first kappa shape index (κ1) is 20.1. The molecule has 156 valence electrons. The minimum atomic E-state index is -0.638. The molecular weight excluding hydrogens is 459 g/mol. The third kappa shape index (κ3) is 3.61. The zero-order valence-corrected chi connectivity index (χ0v) is 18.2. The van der Waals surface area contributed by atoms with E-state index in [9.17, 15) is 4.79 Å². The summed E-state index contributed by atoms with van der Waals surface area (Å²) in [5.41, 5.74) is 2.39. The highest BCUT2D eigenvalue weighted by atomic mass is 35.5. The van der Waals surface area contributed by atoms with Gasteiger partial charge in [0.15, 0.2) is 0 Å². The smallest absolute Gasteiger partial charge is 0.342 e. The number of hydrogen-bond donors (Lipinski definition) is 1. The molecule has 9 heteroatoms. The molecule has 2 aliphatic heterocycles. The summed E-state index contributed by atoms with van der Waals surface area (Å²) in [5.74, 6) is 0.639. The van der Waals surface area contributed by atoms with Crippen molar-refractivity contribution in [3.05, 3.63) is 87.1 Å². The maximum absolute atomic E-state index is 13.0. The number of amides is 2. The van der Waals surface area contributed by atoms with E-state index in [1.165, 1.54) is 11.2 Å². The van der Waals surface area contributed by atoms with Gasteiger partial charge in [0.2, 0.25) is 0 Å². The fourth-order valence-electron chi connectivity index (χ4n) is 3.86. The Labute approximate surface area is 193 Å². The molecule has 3 aromatic rings. The Bertz CT molecular complexity index is 1200. The third-order valence-electron chi connectivity index (χ3n) is 5.38. The molecule has 0 bridgehead atoms. The Morgan fingerprint density at radius 1 is 1.03 bits per heavy atom. The first-order valence-electron chi connectivity index (χ1n) is 9.42. The van der Waals surface area contributed by atoms with Crippen LogP contribution in [0.5, 0.6) is 5.75 Å². The molecule has 0 saturated carbocycles. The molecule has 2 aromatic carbocycles. The number of carbonyl (C=O) groups excluding carboxylic acids is 1. The molecule has 2 aliphatic rings. The molecule has 0 aliphatic carbocycles. The van der Waals surface area contributed by atoms with Gasteiger partial charge in [-0.15, -0.1) is 0 Å². The SMILES string of the molecule is O=C(Nc1ccc(Cl)nc1)N1CC2(c3ccc(Cl)cc3)COc3cc(Cl)ccc3C2=N1. The van der Waals surface area contributed by atoms with Crippen molar-refractivity contribution >= 4 is 52.2 Å². The Morgan fingerprint density at radius 2 is 1.81 bits per heavy atom. The number of pyridine rings is 1. The van der Waals surface area contributed by atoms with Crippen molar-refractivity contribution in [2.24, 2.45) is 5.10 Å². The average molecular weight is 474 g/mol. The summed E-state index contributed by atoms with van der Waals surface area (Å²) in [6.45, 7) is 0.617. The summed E-state index contributed by atoms with van der Waals surface area (Å²) in [6, 6.07) is 15.8. The number of hydrazone groups is 1. The number of rotatable bonds is 2. The van der Waals surface area contributed by atoms with E-state index in [1.807, 2.05) is 30.3 Å². The maximum Gasteiger partial charge on any atom is 0.342 e. The van der Waals surface area contributed by atoms with Crippen molar-refractivity contribution in [3.8, 4) is 5.75 Å². The molecule has 1 unspecified atom stereocenters. The van der Waals surface area contributed by atoms with Gasteiger partial charge in [-0.3, -0.25) is 0 Å². The Balaban J connectivity index is 1.54. The third-order valence-corrected chi connectivity index (χ3v) is 6.09. The monoisotopic (exact) mass is 472 g/mol. The predicted molar refractivity (Wildman–Crippen MR) is 122 cm³/mol. The zero-order chi connectivity index (χ0) is 21.6. The Kier molecular flexibility index (Phi) is 5.01. The van der Waals surface area contributed by atoms with E-state index in [0.717, 1.165) is 16.8 Å². The van der Waals surface area contributed by atoms with Gasteiger partial charge in [-0.05, 0) is 48.0 Å². The van der Waals surface area contributed by atoms with E-state index >= 15 is 0 Å². The minimum Gasteiger partial charge on any atom is -0.491 e. The van der Waals surface area contributed by atoms with Gasteiger partial charge in [-0.25, -0.2) is 14.8 Å². The van der Waals surface area contributed by atoms with Gasteiger partial charge in [-0.2, -0.15) is 5.10 Å². The van der Waals surface area contributed by atoms with Crippen LogP contribution in [-0.2, 0) is 5.41 Å². The summed E-state index contributed by atoms with van der Waals surface area (Å²) in [7, 11) is 0. The van der Waals surface area contributed by atoms with E-state index in [2.05, 4.69) is 10.3 Å². The van der Waals surface area contributed by atoms with Crippen LogP contribution >= 0.6 is 34.8 Å². The largest absolute Gasteiger partial charge is 0.491 e. The second-order valence-corrected chi connectivity index (χ2v) is 8.58. The lowest BCUT2D eigenvalue weighted by atomic mass is 9.73. The first-order valence-corrected chi connectivity index (χ1v) is 10.6. The molecule has 2 amide bonds. The molecular formula is C22H15Cl3N4O2. The maximum atomic E-state index is 13.0. The highest BCUT2D eigenvalue weighted by molar-refractivity contribution is 6.31. The molecule has 1 N–H and O–H groups in total. The molecule has 0 saturated heterocycles. The fraction of sp³-hybridized carbons (Fsp3) is 0.136. The molecule has 1 aromatic heterocycles. The number of halogens is 3. The normalized spacial score (nSPS) is 19.2. The van der Waals surface area contributed by atoms with E-state index in [0.29, 0.717) is 39.8 Å². The molecule has 0 radical (unpaired) electrons. The van der Waals surface area contributed by atoms with E-state index in [-0.39, 0.29) is 6.03 Å². The lowest BCUT2D eigenvalue weighted by Crippen LogP contribution is -2.47. The summed E-state index contributed by atoms with van der Waals surface area (Å²) in [6.07, 6.45) is 1.49. The van der Waals surface area contributed by atoms with Gasteiger partial charge < -0.3 is 10.1 Å². The van der Waals surface area contributed by atoms with E-state index in [1.54, 1.807) is 24.3 Å². The number of nitrogens with one attached hydrogen (secondary N) is 1. The molecule has 0 spiro atoms. The standard InChI is InChI=1S/C22H15Cl3N4O2/c23-14-3-1-13(2-4-14)22-11-29(21(30)27-16-6-8-19(25)26-10-16)28-20(22)17-7-5-15(24)9-18(17)31-12-22/h1-10H,11-12H2,(H,27,30). The summed E-state index contributed by atoms with van der Waals surface area (Å²) < 4.78 is 6.08. The molecule has 1 atom stereocenters. The van der Waals surface area contributed by atoms with Crippen molar-refractivity contribution in [3.63, 3.8) is 0 Å². The number of nitrogens with zero attached hydrogens (tertiary/aromatic N) is 3. The summed E-state index contributed by atoms with van der Waals surface area (Å²) >= 11 is 18.1. The first-order chi connectivity index (χ1) is 14.9. The number of urea groups is 1. The summed E-state index contributed by atoms with van der Waals surface area (Å²) in [5, 5.41) is 10.5. The van der Waals surface area contributed by atoms with Gasteiger partial charge in [0.25, 0.3) is 0 Å².